The minimum Gasteiger partial charge on any atom is -0.352 e. The third-order valence-electron chi connectivity index (χ3n) is 2.39. The monoisotopic (exact) mass is 257 g/mol. The Hall–Kier alpha value is -1.78. The van der Waals surface area contributed by atoms with Crippen LogP contribution in [0.25, 0.3) is 0 Å². The minimum absolute atomic E-state index is 0.364. The maximum absolute atomic E-state index is 12.1. The van der Waals surface area contributed by atoms with Crippen LogP contribution in [0.15, 0.2) is 41.8 Å². The van der Waals surface area contributed by atoms with Crippen molar-refractivity contribution in [2.75, 3.05) is 0 Å². The maximum Gasteiger partial charge on any atom is 0.451 e. The molecule has 0 heterocycles. The van der Waals surface area contributed by atoms with Gasteiger partial charge >= 0.3 is 6.18 Å². The molecule has 0 amide bonds. The fourth-order valence-corrected chi connectivity index (χ4v) is 1.21. The smallest absolute Gasteiger partial charge is 0.352 e. The summed E-state index contributed by atoms with van der Waals surface area (Å²) in [6.07, 6.45) is -3.69. The summed E-state index contributed by atoms with van der Waals surface area (Å²) in [6, 6.07) is 7.37. The molecule has 1 rings (SSSR count). The van der Waals surface area contributed by atoms with Gasteiger partial charge in [-0.2, -0.15) is 13.2 Å². The zero-order valence-electron chi connectivity index (χ0n) is 10.2. The van der Waals surface area contributed by atoms with E-state index in [1.54, 1.807) is 19.1 Å². The molecule has 0 aliphatic rings. The zero-order chi connectivity index (χ0) is 13.8. The third-order valence-corrected chi connectivity index (χ3v) is 2.39. The van der Waals surface area contributed by atoms with Gasteiger partial charge in [0.2, 0.25) is 5.76 Å². The number of benzene rings is 1. The first kappa shape index (κ1) is 14.3. The number of oxime groups is 1. The lowest BCUT2D eigenvalue weighted by atomic mass is 10.1. The number of aryl methyl sites for hydroxylation is 1. The summed E-state index contributed by atoms with van der Waals surface area (Å²) in [5.74, 6) is -1.33. The molecule has 2 nitrogen and oxygen atoms in total. The van der Waals surface area contributed by atoms with Crippen LogP contribution in [0.4, 0.5) is 13.2 Å². The lowest BCUT2D eigenvalue weighted by Gasteiger charge is -2.07. The maximum atomic E-state index is 12.1. The van der Waals surface area contributed by atoms with Crippen molar-refractivity contribution < 1.29 is 18.0 Å². The van der Waals surface area contributed by atoms with E-state index in [0.29, 0.717) is 11.3 Å². The Kier molecular flexibility index (Phi) is 4.53. The van der Waals surface area contributed by atoms with Crippen LogP contribution in [0.5, 0.6) is 0 Å². The number of hydrogen-bond acceptors (Lipinski definition) is 2. The molecule has 0 saturated carbocycles. The van der Waals surface area contributed by atoms with E-state index in [9.17, 15) is 13.2 Å². The van der Waals surface area contributed by atoms with Crippen LogP contribution in [0.1, 0.15) is 25.0 Å². The standard InChI is InChI=1S/C13H14F3NO/c1-4-11-5-7-12(8-6-11)9(2)17-18-10(3)13(14,15)16/h5-8H,3-4H2,1-2H3/b17-9+. The number of hydrogen-bond donors (Lipinski definition) is 0. The normalized spacial score (nSPS) is 12.4. The van der Waals surface area contributed by atoms with Crippen molar-refractivity contribution in [3.8, 4) is 0 Å². The Morgan fingerprint density at radius 2 is 1.83 bits per heavy atom. The predicted octanol–water partition coefficient (Wildman–Crippen LogP) is 4.07. The third kappa shape index (κ3) is 3.91. The fraction of sp³-hybridized carbons (Fsp3) is 0.308. The van der Waals surface area contributed by atoms with Crippen molar-refractivity contribution >= 4 is 5.71 Å². The second kappa shape index (κ2) is 5.71. The Morgan fingerprint density at radius 3 is 2.28 bits per heavy atom. The molecule has 0 aliphatic carbocycles. The number of rotatable bonds is 4. The summed E-state index contributed by atoms with van der Waals surface area (Å²) in [7, 11) is 0. The predicted molar refractivity (Wildman–Crippen MR) is 64.3 cm³/mol. The molecule has 0 saturated heterocycles. The van der Waals surface area contributed by atoms with Crippen LogP contribution in [-0.4, -0.2) is 11.9 Å². The number of halogens is 3. The zero-order valence-corrected chi connectivity index (χ0v) is 10.2. The molecular formula is C13H14F3NO. The van der Waals surface area contributed by atoms with Crippen molar-refractivity contribution in [1.29, 1.82) is 0 Å². The topological polar surface area (TPSA) is 21.6 Å². The molecule has 1 aromatic rings. The first-order valence-corrected chi connectivity index (χ1v) is 5.41. The molecule has 1 aromatic carbocycles. The number of allylic oxidation sites excluding steroid dienone is 1. The Labute approximate surface area is 104 Å². The lowest BCUT2D eigenvalue weighted by molar-refractivity contribution is -0.130. The van der Waals surface area contributed by atoms with Gasteiger partial charge < -0.3 is 4.84 Å². The van der Waals surface area contributed by atoms with E-state index in [4.69, 9.17) is 0 Å². The summed E-state index contributed by atoms with van der Waals surface area (Å²) < 4.78 is 36.3. The van der Waals surface area contributed by atoms with Gasteiger partial charge in [0, 0.05) is 0 Å². The van der Waals surface area contributed by atoms with Gasteiger partial charge in [0.1, 0.15) is 0 Å². The van der Waals surface area contributed by atoms with Gasteiger partial charge in [0.05, 0.1) is 5.71 Å². The average Bonchev–Trinajstić information content (AvgIpc) is 2.34. The quantitative estimate of drug-likeness (QED) is 0.452. The molecule has 0 aromatic heterocycles. The van der Waals surface area contributed by atoms with Crippen molar-refractivity contribution in [1.82, 2.24) is 0 Å². The van der Waals surface area contributed by atoms with Crippen molar-refractivity contribution in [3.05, 3.63) is 47.7 Å². The summed E-state index contributed by atoms with van der Waals surface area (Å²) in [5.41, 5.74) is 2.22. The second-order valence-electron chi connectivity index (χ2n) is 3.74. The van der Waals surface area contributed by atoms with Crippen molar-refractivity contribution in [3.63, 3.8) is 0 Å². The van der Waals surface area contributed by atoms with E-state index in [-0.39, 0.29) is 0 Å². The van der Waals surface area contributed by atoms with Gasteiger partial charge in [-0.15, -0.1) is 0 Å². The Balaban J connectivity index is 2.74. The fourth-order valence-electron chi connectivity index (χ4n) is 1.21. The summed E-state index contributed by atoms with van der Waals surface area (Å²) in [6.45, 7) is 6.36. The molecule has 0 N–H and O–H groups in total. The van der Waals surface area contributed by atoms with Gasteiger partial charge in [0.25, 0.3) is 0 Å². The lowest BCUT2D eigenvalue weighted by Crippen LogP contribution is -2.12. The van der Waals surface area contributed by atoms with Gasteiger partial charge in [-0.1, -0.05) is 36.3 Å². The highest BCUT2D eigenvalue weighted by atomic mass is 19.4. The molecule has 0 aliphatic heterocycles. The van der Waals surface area contributed by atoms with Crippen molar-refractivity contribution in [2.24, 2.45) is 5.16 Å². The molecule has 18 heavy (non-hydrogen) atoms. The SMILES string of the molecule is C=C(O/N=C(\C)c1ccc(CC)cc1)C(F)(F)F. The van der Waals surface area contributed by atoms with Crippen molar-refractivity contribution in [2.45, 2.75) is 26.4 Å². The van der Waals surface area contributed by atoms with Crippen LogP contribution in [0.2, 0.25) is 0 Å². The summed E-state index contributed by atoms with van der Waals surface area (Å²) in [5, 5.41) is 3.41. The molecular weight excluding hydrogens is 243 g/mol. The number of alkyl halides is 3. The van der Waals surface area contributed by atoms with E-state index in [2.05, 4.69) is 16.6 Å². The second-order valence-corrected chi connectivity index (χ2v) is 3.74. The molecule has 0 unspecified atom stereocenters. The van der Waals surface area contributed by atoms with Crippen LogP contribution in [0, 0.1) is 0 Å². The van der Waals surface area contributed by atoms with Gasteiger partial charge in [0.15, 0.2) is 0 Å². The Bertz CT molecular complexity index is 446. The van der Waals surface area contributed by atoms with Gasteiger partial charge in [-0.05, 0) is 31.1 Å². The van der Waals surface area contributed by atoms with E-state index in [0.717, 1.165) is 12.0 Å². The molecule has 98 valence electrons. The highest BCUT2D eigenvalue weighted by Crippen LogP contribution is 2.25. The molecule has 0 atom stereocenters. The summed E-state index contributed by atoms with van der Waals surface area (Å²) in [4.78, 5) is 4.25. The average molecular weight is 257 g/mol. The highest BCUT2D eigenvalue weighted by molar-refractivity contribution is 5.98. The Morgan fingerprint density at radius 1 is 1.28 bits per heavy atom. The summed E-state index contributed by atoms with van der Waals surface area (Å²) >= 11 is 0. The van der Waals surface area contributed by atoms with E-state index >= 15 is 0 Å². The minimum atomic E-state index is -4.59. The largest absolute Gasteiger partial charge is 0.451 e. The van der Waals surface area contributed by atoms with Crippen LogP contribution in [0.3, 0.4) is 0 Å². The molecule has 5 heteroatoms. The molecule has 0 bridgehead atoms. The van der Waals surface area contributed by atoms with E-state index in [1.807, 2.05) is 19.1 Å². The van der Waals surface area contributed by atoms with Gasteiger partial charge in [-0.3, -0.25) is 0 Å². The number of nitrogens with zero attached hydrogens (tertiary/aromatic N) is 1. The van der Waals surface area contributed by atoms with Crippen LogP contribution >= 0.6 is 0 Å². The molecule has 0 fully saturated rings. The molecule has 0 radical (unpaired) electrons. The van der Waals surface area contributed by atoms with E-state index in [1.165, 1.54) is 0 Å². The molecule has 0 spiro atoms. The highest BCUT2D eigenvalue weighted by Gasteiger charge is 2.34. The van der Waals surface area contributed by atoms with Crippen LogP contribution < -0.4 is 0 Å². The van der Waals surface area contributed by atoms with Gasteiger partial charge in [-0.25, -0.2) is 0 Å². The first-order valence-electron chi connectivity index (χ1n) is 5.41. The first-order chi connectivity index (χ1) is 8.34. The van der Waals surface area contributed by atoms with E-state index < -0.39 is 11.9 Å². The van der Waals surface area contributed by atoms with Crippen LogP contribution in [-0.2, 0) is 11.3 Å².